The summed E-state index contributed by atoms with van der Waals surface area (Å²) in [5.41, 5.74) is 8.68. The van der Waals surface area contributed by atoms with Crippen LogP contribution in [0.25, 0.3) is 0 Å². The van der Waals surface area contributed by atoms with Crippen molar-refractivity contribution in [3.05, 3.63) is 21.5 Å². The largest absolute Gasteiger partial charge is 0.365 e. The van der Waals surface area contributed by atoms with Crippen molar-refractivity contribution in [1.82, 2.24) is 10.2 Å². The van der Waals surface area contributed by atoms with Crippen LogP contribution in [0.3, 0.4) is 0 Å². The molecule has 0 spiro atoms. The Kier molecular flexibility index (Phi) is 4.98. The van der Waals surface area contributed by atoms with Crippen molar-refractivity contribution in [3.8, 4) is 0 Å². The first-order chi connectivity index (χ1) is 11.0. The van der Waals surface area contributed by atoms with Gasteiger partial charge in [0.2, 0.25) is 5.91 Å². The van der Waals surface area contributed by atoms with Gasteiger partial charge in [-0.05, 0) is 30.7 Å². The maximum Gasteiger partial charge on any atom is 0.251 e. The third-order valence-corrected chi connectivity index (χ3v) is 6.71. The molecule has 3 rings (SSSR count). The number of hydrogen-bond donors (Lipinski definition) is 2. The Balaban J connectivity index is 1.74. The Morgan fingerprint density at radius 2 is 2.35 bits per heavy atom. The van der Waals surface area contributed by atoms with Gasteiger partial charge in [0.1, 0.15) is 10.5 Å². The summed E-state index contributed by atoms with van der Waals surface area (Å²) in [6.07, 6.45) is 2.83. The highest BCUT2D eigenvalue weighted by Gasteiger charge is 2.27. The highest BCUT2D eigenvalue weighted by molar-refractivity contribution is 8.01. The van der Waals surface area contributed by atoms with Gasteiger partial charge >= 0.3 is 0 Å². The molecular weight excluding hydrogens is 352 g/mol. The lowest BCUT2D eigenvalue weighted by Gasteiger charge is -2.18. The molecule has 2 heterocycles. The predicted octanol–water partition coefficient (Wildman–Crippen LogP) is 2.55. The van der Waals surface area contributed by atoms with Gasteiger partial charge in [0.05, 0.1) is 11.3 Å². The number of hydrogen-bond acceptors (Lipinski definition) is 7. The third kappa shape index (κ3) is 3.73. The fourth-order valence-electron chi connectivity index (χ4n) is 2.62. The summed E-state index contributed by atoms with van der Waals surface area (Å²) >= 11 is 4.19. The van der Waals surface area contributed by atoms with Crippen LogP contribution in [0.5, 0.6) is 0 Å². The lowest BCUT2D eigenvalue weighted by Crippen LogP contribution is -2.20. The summed E-state index contributed by atoms with van der Waals surface area (Å²) in [7, 11) is 0. The maximum atomic E-state index is 12.1. The van der Waals surface area contributed by atoms with Gasteiger partial charge in [0, 0.05) is 4.88 Å². The van der Waals surface area contributed by atoms with E-state index in [1.807, 2.05) is 0 Å². The number of rotatable bonds is 5. The summed E-state index contributed by atoms with van der Waals surface area (Å²) < 4.78 is 0.745. The average Bonchev–Trinajstić information content (AvgIpc) is 3.11. The minimum absolute atomic E-state index is 0.167. The van der Waals surface area contributed by atoms with E-state index in [1.54, 1.807) is 5.51 Å². The molecule has 0 unspecified atom stereocenters. The van der Waals surface area contributed by atoms with Gasteiger partial charge in [0.25, 0.3) is 5.91 Å². The Morgan fingerprint density at radius 1 is 1.52 bits per heavy atom. The second-order valence-electron chi connectivity index (χ2n) is 5.46. The van der Waals surface area contributed by atoms with Gasteiger partial charge in [-0.3, -0.25) is 9.59 Å². The Labute approximate surface area is 145 Å². The molecule has 2 amide bonds. The summed E-state index contributed by atoms with van der Waals surface area (Å²) in [5, 5.41) is 11.0. The Morgan fingerprint density at radius 3 is 3.04 bits per heavy atom. The number of primary amides is 1. The fraction of sp³-hybridized carbons (Fsp3) is 0.429. The van der Waals surface area contributed by atoms with Crippen LogP contribution in [-0.2, 0) is 17.6 Å². The first-order valence-electron chi connectivity index (χ1n) is 7.17. The molecule has 2 aromatic heterocycles. The van der Waals surface area contributed by atoms with E-state index in [4.69, 9.17) is 5.73 Å². The van der Waals surface area contributed by atoms with Crippen molar-refractivity contribution in [2.24, 2.45) is 11.7 Å². The third-order valence-electron chi connectivity index (χ3n) is 3.68. The summed E-state index contributed by atoms with van der Waals surface area (Å²) in [6, 6.07) is 0. The number of nitrogens with two attached hydrogens (primary N) is 1. The molecule has 2 aromatic rings. The molecule has 0 saturated carbocycles. The number of carbonyl (C=O) groups is 2. The normalized spacial score (nSPS) is 16.8. The zero-order valence-electron chi connectivity index (χ0n) is 12.5. The molecule has 0 fully saturated rings. The zero-order chi connectivity index (χ0) is 16.4. The monoisotopic (exact) mass is 368 g/mol. The Hall–Kier alpha value is -1.45. The summed E-state index contributed by atoms with van der Waals surface area (Å²) in [5.74, 6) is 0.189. The minimum Gasteiger partial charge on any atom is -0.365 e. The number of anilines is 1. The van der Waals surface area contributed by atoms with E-state index in [0.717, 1.165) is 29.2 Å². The molecule has 0 saturated heterocycles. The lowest BCUT2D eigenvalue weighted by atomic mass is 9.88. The van der Waals surface area contributed by atoms with Crippen LogP contribution in [0, 0.1) is 5.92 Å². The molecule has 0 aliphatic heterocycles. The van der Waals surface area contributed by atoms with Gasteiger partial charge in [-0.15, -0.1) is 21.5 Å². The van der Waals surface area contributed by atoms with E-state index in [-0.39, 0.29) is 11.7 Å². The van der Waals surface area contributed by atoms with Crippen molar-refractivity contribution < 1.29 is 9.59 Å². The van der Waals surface area contributed by atoms with Crippen LogP contribution < -0.4 is 11.1 Å². The Bertz CT molecular complexity index is 727. The molecular formula is C14H16N4O2S3. The van der Waals surface area contributed by atoms with Crippen molar-refractivity contribution in [1.29, 1.82) is 0 Å². The number of amides is 2. The van der Waals surface area contributed by atoms with Crippen molar-refractivity contribution in [2.45, 2.75) is 30.5 Å². The van der Waals surface area contributed by atoms with E-state index in [0.29, 0.717) is 16.5 Å². The lowest BCUT2D eigenvalue weighted by molar-refractivity contribution is -0.113. The van der Waals surface area contributed by atoms with Crippen LogP contribution in [0.15, 0.2) is 9.85 Å². The number of nitrogens with one attached hydrogen (secondary N) is 1. The second-order valence-corrected chi connectivity index (χ2v) is 8.62. The molecule has 23 heavy (non-hydrogen) atoms. The number of thioether (sulfide) groups is 1. The molecule has 3 N–H and O–H groups in total. The molecule has 1 aliphatic carbocycles. The first-order valence-corrected chi connectivity index (χ1v) is 9.86. The van der Waals surface area contributed by atoms with Crippen LogP contribution in [0.2, 0.25) is 0 Å². The quantitative estimate of drug-likeness (QED) is 0.790. The number of fused-ring (bicyclic) bond motifs is 1. The van der Waals surface area contributed by atoms with Gasteiger partial charge in [-0.25, -0.2) is 0 Å². The van der Waals surface area contributed by atoms with Crippen molar-refractivity contribution in [2.75, 3.05) is 11.1 Å². The summed E-state index contributed by atoms with van der Waals surface area (Å²) in [4.78, 5) is 25.1. The molecule has 9 heteroatoms. The average molecular weight is 369 g/mol. The van der Waals surface area contributed by atoms with Gasteiger partial charge < -0.3 is 11.1 Å². The maximum absolute atomic E-state index is 12.1. The number of carbonyl (C=O) groups excluding carboxylic acids is 2. The van der Waals surface area contributed by atoms with Crippen molar-refractivity contribution >= 4 is 51.3 Å². The standard InChI is InChI=1S/C14H16N4O2S3/c1-7-2-3-8-9(4-7)23-13(11(8)12(15)20)17-10(19)5-21-14-18-16-6-22-14/h6-7H,2-5H2,1H3,(H2,15,20)(H,17,19)/t7-/m0/s1. The van der Waals surface area contributed by atoms with Crippen LogP contribution >= 0.6 is 34.4 Å². The van der Waals surface area contributed by atoms with Crippen LogP contribution in [0.1, 0.15) is 34.1 Å². The van der Waals surface area contributed by atoms with E-state index in [1.165, 1.54) is 39.3 Å². The van der Waals surface area contributed by atoms with E-state index in [2.05, 4.69) is 22.4 Å². The molecule has 6 nitrogen and oxygen atoms in total. The zero-order valence-corrected chi connectivity index (χ0v) is 14.9. The van der Waals surface area contributed by atoms with Gasteiger partial charge in [-0.1, -0.05) is 30.0 Å². The molecule has 1 atom stereocenters. The molecule has 1 aliphatic rings. The SMILES string of the molecule is C[C@H]1CCc2c(sc(NC(=O)CSc3nncs3)c2C(N)=O)C1. The van der Waals surface area contributed by atoms with E-state index in [9.17, 15) is 9.59 Å². The minimum atomic E-state index is -0.468. The molecule has 122 valence electrons. The topological polar surface area (TPSA) is 98.0 Å². The second kappa shape index (κ2) is 6.98. The highest BCUT2D eigenvalue weighted by Crippen LogP contribution is 2.39. The van der Waals surface area contributed by atoms with E-state index >= 15 is 0 Å². The molecule has 0 bridgehead atoms. The van der Waals surface area contributed by atoms with Crippen molar-refractivity contribution in [3.63, 3.8) is 0 Å². The number of nitrogens with zero attached hydrogens (tertiary/aromatic N) is 2. The van der Waals surface area contributed by atoms with Crippen LogP contribution in [0.4, 0.5) is 5.00 Å². The number of aromatic nitrogens is 2. The summed E-state index contributed by atoms with van der Waals surface area (Å²) in [6.45, 7) is 2.20. The molecule has 0 aromatic carbocycles. The first kappa shape index (κ1) is 16.4. The smallest absolute Gasteiger partial charge is 0.251 e. The molecule has 0 radical (unpaired) electrons. The van der Waals surface area contributed by atoms with Crippen LogP contribution in [-0.4, -0.2) is 27.8 Å². The van der Waals surface area contributed by atoms with Gasteiger partial charge in [-0.2, -0.15) is 0 Å². The predicted molar refractivity (Wildman–Crippen MR) is 93.3 cm³/mol. The van der Waals surface area contributed by atoms with Gasteiger partial charge in [0.15, 0.2) is 4.34 Å². The van der Waals surface area contributed by atoms with E-state index < -0.39 is 5.91 Å². The highest BCUT2D eigenvalue weighted by atomic mass is 32.2. The fourth-order valence-corrected chi connectivity index (χ4v) is 5.34. The number of thiophene rings is 1.